The molecule has 4 aromatic rings. The number of methoxy groups -OCH3 is 2. The number of rotatable bonds is 14. The third-order valence-electron chi connectivity index (χ3n) is 16.8. The van der Waals surface area contributed by atoms with Crippen molar-refractivity contribution in [2.24, 2.45) is 10.4 Å². The van der Waals surface area contributed by atoms with E-state index in [1.165, 1.54) is 44.6 Å². The van der Waals surface area contributed by atoms with E-state index >= 15 is 8.42 Å². The Morgan fingerprint density at radius 1 is 0.882 bits per heavy atom. The molecule has 20 nitrogen and oxygen atoms in total. The maximum absolute atomic E-state index is 15.3. The Bertz CT molecular complexity index is 3490. The van der Waals surface area contributed by atoms with Crippen LogP contribution in [0.2, 0.25) is 0 Å². The van der Waals surface area contributed by atoms with E-state index in [9.17, 15) is 37.7 Å². The molecule has 4 aromatic carbocycles. The summed E-state index contributed by atoms with van der Waals surface area (Å²) in [7, 11) is -6.89. The Morgan fingerprint density at radius 3 is 2.36 bits per heavy atom. The van der Waals surface area contributed by atoms with E-state index < -0.39 is 94.2 Å². The van der Waals surface area contributed by atoms with E-state index in [1.807, 2.05) is 18.2 Å². The molecule has 7 aliphatic rings. The van der Waals surface area contributed by atoms with Crippen molar-refractivity contribution in [1.82, 2.24) is 9.21 Å². The van der Waals surface area contributed by atoms with E-state index in [2.05, 4.69) is 4.90 Å². The Balaban J connectivity index is 1.24. The van der Waals surface area contributed by atoms with Crippen molar-refractivity contribution in [2.75, 3.05) is 38.8 Å². The van der Waals surface area contributed by atoms with Gasteiger partial charge in [0.05, 0.1) is 65.3 Å². The number of para-hydroxylation sites is 2. The largest absolute Gasteiger partial charge is 0.491 e. The molecule has 4 saturated heterocycles. The van der Waals surface area contributed by atoms with Crippen LogP contribution in [0.25, 0.3) is 0 Å². The minimum absolute atomic E-state index is 0.0218. The SMILES string of the molecule is CCC(=O)Oc1c([C@]23CCN(S(=O)(=O)c4ccccc4[N+](=O)[O-])[C@H](CCC(=O)OC)C2=Nc2c(OS(=O)(=O)c4ccc(C)cc4)cccc23)cc2c(c1OC)N(C(=O)CC)[C@@H]1C=C[C@@]34CCCN5CC[C@@]21[C@]53OC(=O)C4. The summed E-state index contributed by atoms with van der Waals surface area (Å²) in [6.45, 7) is 5.80. The summed E-state index contributed by atoms with van der Waals surface area (Å²) in [5.74, 6) is -2.54. The first-order chi connectivity index (χ1) is 36.3. The molecule has 0 radical (unpaired) electrons. The number of aryl methyl sites for hydroxylation is 1. The summed E-state index contributed by atoms with van der Waals surface area (Å²) in [5, 5.41) is 12.5. The van der Waals surface area contributed by atoms with Gasteiger partial charge >= 0.3 is 28.0 Å². The molecular formula is C54H55N5O15S2. The van der Waals surface area contributed by atoms with Crippen molar-refractivity contribution in [1.29, 1.82) is 0 Å². The molecule has 4 fully saturated rings. The number of aliphatic imine (C=N–C) groups is 1. The van der Waals surface area contributed by atoms with E-state index in [1.54, 1.807) is 49.9 Å². The number of nitro benzene ring substituents is 1. The van der Waals surface area contributed by atoms with Crippen molar-refractivity contribution in [3.05, 3.63) is 117 Å². The van der Waals surface area contributed by atoms with Crippen LogP contribution in [0.5, 0.6) is 17.2 Å². The lowest BCUT2D eigenvalue weighted by atomic mass is 9.53. The number of carbonyl (C=O) groups excluding carboxylic acids is 4. The normalized spacial score (nSPS) is 27.0. The van der Waals surface area contributed by atoms with Gasteiger partial charge in [0.25, 0.3) is 15.7 Å². The van der Waals surface area contributed by atoms with E-state index in [0.29, 0.717) is 42.7 Å². The summed E-state index contributed by atoms with van der Waals surface area (Å²) < 4.78 is 90.8. The van der Waals surface area contributed by atoms with Crippen LogP contribution in [0.3, 0.4) is 0 Å². The van der Waals surface area contributed by atoms with Gasteiger partial charge in [-0.3, -0.25) is 39.2 Å². The zero-order valence-corrected chi connectivity index (χ0v) is 44.0. The topological polar surface area (TPSA) is 248 Å². The number of anilines is 1. The highest BCUT2D eigenvalue weighted by molar-refractivity contribution is 7.89. The molecule has 1 amide bonds. The standard InChI is InChI=1S/C54H55N5O15S2/c1-6-42(60)58-41-22-24-51-23-11-27-56-28-26-53(41,54(51,56)73-45(63)31-51)35-30-36(48(72-43(61)7-2)49(71-5)47(35)58)52-25-29-57(75(66,67)40-15-9-8-13-37(40)59(64)65)38(20-21-44(62)70-4)50(52)55-46-34(52)12-10-14-39(46)74-76(68,69)33-18-16-32(3)17-19-33/h8-10,12-19,22,24,30,38,41H,6-7,11,20-21,23,25-29,31H2,1-5H3/t38-,41-,51-,52-,53-,54+/m1/s1. The number of hydrogen-bond donors (Lipinski definition) is 0. The summed E-state index contributed by atoms with van der Waals surface area (Å²) >= 11 is 0. The van der Waals surface area contributed by atoms with Gasteiger partial charge < -0.3 is 28.0 Å². The quantitative estimate of drug-likeness (QED) is 0.0313. The molecule has 2 spiro atoms. The summed E-state index contributed by atoms with van der Waals surface area (Å²) in [6.07, 6.45) is 4.89. The molecule has 76 heavy (non-hydrogen) atoms. The Labute approximate surface area is 438 Å². The summed E-state index contributed by atoms with van der Waals surface area (Å²) in [5.41, 5.74) is -3.59. The Kier molecular flexibility index (Phi) is 12.1. The minimum Gasteiger partial charge on any atom is -0.491 e. The van der Waals surface area contributed by atoms with Crippen LogP contribution >= 0.6 is 0 Å². The van der Waals surface area contributed by atoms with Gasteiger partial charge in [-0.25, -0.2) is 8.42 Å². The smallest absolute Gasteiger partial charge is 0.339 e. The number of piperidine rings is 2. The number of nitrogens with zero attached hydrogens (tertiary/aromatic N) is 5. The van der Waals surface area contributed by atoms with E-state index in [4.69, 9.17) is 28.1 Å². The third kappa shape index (κ3) is 6.94. The number of hydrogen-bond acceptors (Lipinski definition) is 17. The number of sulfonamides is 1. The molecule has 0 unspecified atom stereocenters. The van der Waals surface area contributed by atoms with Gasteiger partial charge in [-0.15, -0.1) is 0 Å². The molecule has 1 aliphatic carbocycles. The molecule has 6 atom stereocenters. The summed E-state index contributed by atoms with van der Waals surface area (Å²) in [4.78, 5) is 76.1. The highest BCUT2D eigenvalue weighted by Crippen LogP contribution is 2.74. The first kappa shape index (κ1) is 51.1. The van der Waals surface area contributed by atoms with Gasteiger partial charge in [-0.2, -0.15) is 12.7 Å². The molecule has 0 aromatic heterocycles. The van der Waals surface area contributed by atoms with Crippen molar-refractivity contribution < 1.29 is 64.1 Å². The lowest BCUT2D eigenvalue weighted by Crippen LogP contribution is -2.71. The van der Waals surface area contributed by atoms with Crippen molar-refractivity contribution in [2.45, 2.75) is 117 Å². The molecule has 398 valence electrons. The first-order valence-electron chi connectivity index (χ1n) is 25.3. The van der Waals surface area contributed by atoms with Gasteiger partial charge in [0.1, 0.15) is 10.6 Å². The first-order valence-corrected chi connectivity index (χ1v) is 28.2. The molecule has 22 heteroatoms. The van der Waals surface area contributed by atoms with Crippen LogP contribution in [-0.2, 0) is 59.6 Å². The van der Waals surface area contributed by atoms with Gasteiger partial charge in [0.15, 0.2) is 27.9 Å². The third-order valence-corrected chi connectivity index (χ3v) is 20.0. The molecule has 6 heterocycles. The van der Waals surface area contributed by atoms with Crippen molar-refractivity contribution in [3.63, 3.8) is 0 Å². The van der Waals surface area contributed by atoms with Gasteiger partial charge in [-0.05, 0) is 80.5 Å². The number of nitro groups is 1. The molecular weight excluding hydrogens is 1020 g/mol. The number of fused-ring (bicyclic) bond motifs is 4. The zero-order chi connectivity index (χ0) is 53.9. The lowest BCUT2D eigenvalue weighted by Gasteiger charge is -2.59. The molecule has 6 aliphatic heterocycles. The fourth-order valence-electron chi connectivity index (χ4n) is 13.8. The maximum Gasteiger partial charge on any atom is 0.339 e. The lowest BCUT2D eigenvalue weighted by molar-refractivity contribution is -0.387. The van der Waals surface area contributed by atoms with Crippen LogP contribution in [0.15, 0.2) is 99.7 Å². The average Bonchev–Trinajstić information content (AvgIpc) is 3.45. The number of ether oxygens (including phenoxy) is 4. The molecule has 0 bridgehead atoms. The highest BCUT2D eigenvalue weighted by atomic mass is 32.2. The second-order valence-corrected chi connectivity index (χ2v) is 23.7. The average molecular weight is 1080 g/mol. The second-order valence-electron chi connectivity index (χ2n) is 20.3. The fourth-order valence-corrected chi connectivity index (χ4v) is 16.5. The van der Waals surface area contributed by atoms with E-state index in [-0.39, 0.29) is 83.5 Å². The number of carbonyl (C=O) groups is 4. The Morgan fingerprint density at radius 2 is 1.64 bits per heavy atom. The fraction of sp³-hybridized carbons (Fsp3) is 0.426. The van der Waals surface area contributed by atoms with Gasteiger partial charge in [0.2, 0.25) is 5.91 Å². The zero-order valence-electron chi connectivity index (χ0n) is 42.4. The van der Waals surface area contributed by atoms with Gasteiger partial charge in [-0.1, -0.05) is 68.0 Å². The second kappa shape index (κ2) is 18.1. The predicted molar refractivity (Wildman–Crippen MR) is 273 cm³/mol. The van der Waals surface area contributed by atoms with Gasteiger partial charge in [0, 0.05) is 50.5 Å². The summed E-state index contributed by atoms with van der Waals surface area (Å²) in [6, 6.07) is 15.2. The van der Waals surface area contributed by atoms with Crippen molar-refractivity contribution >= 4 is 66.7 Å². The minimum atomic E-state index is -4.87. The highest BCUT2D eigenvalue weighted by Gasteiger charge is 2.81. The van der Waals surface area contributed by atoms with Crippen molar-refractivity contribution in [3.8, 4) is 17.2 Å². The predicted octanol–water partition coefficient (Wildman–Crippen LogP) is 6.85. The number of esters is 3. The molecule has 11 rings (SSSR count). The number of benzene rings is 4. The van der Waals surface area contributed by atoms with Crippen LogP contribution in [-0.4, -0.2) is 112 Å². The van der Waals surface area contributed by atoms with Crippen LogP contribution < -0.4 is 18.6 Å². The Hall–Kier alpha value is -7.01. The van der Waals surface area contributed by atoms with E-state index in [0.717, 1.165) is 28.4 Å². The van der Waals surface area contributed by atoms with Crippen LogP contribution in [0.1, 0.15) is 93.9 Å². The maximum atomic E-state index is 15.3. The van der Waals surface area contributed by atoms with Crippen LogP contribution in [0.4, 0.5) is 17.1 Å². The monoisotopic (exact) mass is 1080 g/mol. The molecule has 0 saturated carbocycles. The van der Waals surface area contributed by atoms with Crippen LogP contribution in [0, 0.1) is 22.5 Å². The number of amides is 1. The molecule has 0 N–H and O–H groups in total.